The molecule has 2 atom stereocenters. The van der Waals surface area contributed by atoms with Crippen molar-refractivity contribution < 1.29 is 12.6 Å². The van der Waals surface area contributed by atoms with Gasteiger partial charge in [-0.05, 0) is 19.2 Å². The number of hydrogen-bond donors (Lipinski definition) is 1. The van der Waals surface area contributed by atoms with Gasteiger partial charge in [0.2, 0.25) is 0 Å². The molecule has 0 aromatic carbocycles. The Bertz CT molecular complexity index is 165. The first kappa shape index (κ1) is 4.14. The van der Waals surface area contributed by atoms with Gasteiger partial charge in [-0.1, -0.05) is 0 Å². The lowest BCUT2D eigenvalue weighted by Crippen LogP contribution is -2.34. The van der Waals surface area contributed by atoms with Gasteiger partial charge in [0.15, 0.2) is 0 Å². The van der Waals surface area contributed by atoms with E-state index in [1.807, 2.05) is 0 Å². The Labute approximate surface area is 57.1 Å². The Hall–Kier alpha value is -0.730. The molecule has 3 nitrogen and oxygen atoms in total. The third kappa shape index (κ3) is 1.59. The summed E-state index contributed by atoms with van der Waals surface area (Å²) in [5.74, 6) is 0. The second-order valence-electron chi connectivity index (χ2n) is 2.00. The first-order valence-electron chi connectivity index (χ1n) is 4.12. The number of carboxylic acid groups (broad SMARTS) is 1. The zero-order chi connectivity index (χ0) is 8.43. The highest BCUT2D eigenvalue weighted by Crippen LogP contribution is 2.07. The van der Waals surface area contributed by atoms with E-state index in [0.29, 0.717) is 19.4 Å². The number of amides is 1. The predicted molar refractivity (Wildman–Crippen MR) is 33.4 cm³/mol. The zero-order valence-electron chi connectivity index (χ0n) is 7.08. The van der Waals surface area contributed by atoms with Crippen molar-refractivity contribution in [2.24, 2.45) is 0 Å². The largest absolute Gasteiger partial charge is 0.465 e. The van der Waals surface area contributed by atoms with Crippen LogP contribution in [0.25, 0.3) is 0 Å². The van der Waals surface area contributed by atoms with E-state index >= 15 is 0 Å². The van der Waals surface area contributed by atoms with Crippen LogP contribution in [0, 0.1) is 0 Å². The van der Waals surface area contributed by atoms with Crippen molar-refractivity contribution in [2.45, 2.75) is 19.2 Å². The molecular weight excluding hydrogens is 118 g/mol. The molecule has 0 aromatic heterocycles. The lowest BCUT2D eigenvalue weighted by Gasteiger charge is -2.22. The third-order valence-electron chi connectivity index (χ3n) is 1.30. The molecule has 9 heavy (non-hydrogen) atoms. The molecule has 3 heteroatoms. The maximum absolute atomic E-state index is 10.4. The van der Waals surface area contributed by atoms with E-state index in [9.17, 15) is 4.79 Å². The van der Waals surface area contributed by atoms with Gasteiger partial charge in [0, 0.05) is 15.8 Å². The minimum atomic E-state index is -1.08. The normalized spacial score (nSPS) is 39.3. The summed E-state index contributed by atoms with van der Waals surface area (Å²) in [7, 11) is 0. The third-order valence-corrected chi connectivity index (χ3v) is 1.30. The summed E-state index contributed by atoms with van der Waals surface area (Å²) in [6.45, 7) is -0.486. The number of nitrogens with zero attached hydrogens (tertiary/aromatic N) is 1. The molecule has 52 valence electrons. The van der Waals surface area contributed by atoms with Crippen LogP contribution in [0.1, 0.15) is 22.0 Å². The van der Waals surface area contributed by atoms with Crippen LogP contribution in [0.3, 0.4) is 0 Å². The van der Waals surface area contributed by atoms with Gasteiger partial charge in [-0.25, -0.2) is 4.79 Å². The topological polar surface area (TPSA) is 40.5 Å². The highest BCUT2D eigenvalue weighted by atomic mass is 16.4. The molecule has 1 heterocycles. The Morgan fingerprint density at radius 2 is 2.44 bits per heavy atom. The van der Waals surface area contributed by atoms with Gasteiger partial charge >= 0.3 is 6.09 Å². The Morgan fingerprint density at radius 3 is 3.00 bits per heavy atom. The van der Waals surface area contributed by atoms with E-state index in [0.717, 1.165) is 4.90 Å². The molecule has 1 saturated heterocycles. The number of rotatable bonds is 0. The fourth-order valence-electron chi connectivity index (χ4n) is 0.815. The molecule has 0 aromatic rings. The lowest BCUT2D eigenvalue weighted by molar-refractivity contribution is 0.136. The smallest absolute Gasteiger partial charge is 0.407 e. The molecule has 1 rings (SSSR count). The van der Waals surface area contributed by atoms with Crippen LogP contribution < -0.4 is 0 Å². The highest BCUT2D eigenvalue weighted by molar-refractivity contribution is 5.64. The average molecular weight is 131 g/mol. The van der Waals surface area contributed by atoms with E-state index in [2.05, 4.69) is 0 Å². The summed E-state index contributed by atoms with van der Waals surface area (Å²) < 4.78 is 14.6. The number of carbonyl (C=O) groups is 1. The summed E-state index contributed by atoms with van der Waals surface area (Å²) >= 11 is 0. The van der Waals surface area contributed by atoms with Crippen LogP contribution >= 0.6 is 0 Å². The Morgan fingerprint density at radius 1 is 1.67 bits per heavy atom. The minimum absolute atomic E-state index is 0.402. The molecule has 0 saturated carbocycles. The molecular formula is C6H11NO2. The number of hydrogen-bond acceptors (Lipinski definition) is 1. The van der Waals surface area contributed by atoms with Crippen LogP contribution in [0.15, 0.2) is 0 Å². The van der Waals surface area contributed by atoms with Crippen LogP contribution in [-0.2, 0) is 0 Å². The number of piperidine rings is 1. The van der Waals surface area contributed by atoms with Gasteiger partial charge in [0.25, 0.3) is 0 Å². The summed E-state index contributed by atoms with van der Waals surface area (Å²) in [5.41, 5.74) is 0. The van der Waals surface area contributed by atoms with Gasteiger partial charge in [0.05, 0.1) is 0 Å². The second kappa shape index (κ2) is 2.71. The van der Waals surface area contributed by atoms with E-state index in [4.69, 9.17) is 7.85 Å². The maximum atomic E-state index is 10.4. The van der Waals surface area contributed by atoms with E-state index in [1.54, 1.807) is 0 Å². The fraction of sp³-hybridized carbons (Fsp3) is 0.833. The molecule has 0 bridgehead atoms. The molecule has 0 radical (unpaired) electrons. The molecule has 1 aliphatic heterocycles. The van der Waals surface area contributed by atoms with Gasteiger partial charge in [-0.3, -0.25) is 0 Å². The SMILES string of the molecule is [2H]C1CCCN(C(=O)O)C1[2H]. The van der Waals surface area contributed by atoms with Gasteiger partial charge < -0.3 is 10.0 Å². The molecule has 1 N–H and O–H groups in total. The molecule has 1 amide bonds. The standard InChI is InChI=1S/C6H11NO2/c8-6(9)7-4-2-1-3-5-7/h1-5H2,(H,8,9)/i2D,4D. The predicted octanol–water partition coefficient (Wildman–Crippen LogP) is 1.15. The molecule has 2 unspecified atom stereocenters. The van der Waals surface area contributed by atoms with Crippen LogP contribution in [0.5, 0.6) is 0 Å². The minimum Gasteiger partial charge on any atom is -0.465 e. The second-order valence-corrected chi connectivity index (χ2v) is 2.00. The van der Waals surface area contributed by atoms with Gasteiger partial charge in [-0.15, -0.1) is 0 Å². The highest BCUT2D eigenvalue weighted by Gasteiger charge is 2.13. The monoisotopic (exact) mass is 131 g/mol. The van der Waals surface area contributed by atoms with Gasteiger partial charge in [-0.2, -0.15) is 0 Å². The quantitative estimate of drug-likeness (QED) is 0.535. The van der Waals surface area contributed by atoms with Crippen LogP contribution in [-0.4, -0.2) is 29.2 Å². The molecule has 0 spiro atoms. The van der Waals surface area contributed by atoms with Crippen LogP contribution in [0.2, 0.25) is 0 Å². The molecule has 1 aliphatic rings. The van der Waals surface area contributed by atoms with Crippen LogP contribution in [0.4, 0.5) is 4.79 Å². The average Bonchev–Trinajstić information content (AvgIpc) is 1.94. The van der Waals surface area contributed by atoms with Crippen molar-refractivity contribution in [3.05, 3.63) is 0 Å². The van der Waals surface area contributed by atoms with Crippen molar-refractivity contribution in [3.8, 4) is 0 Å². The Kier molecular flexibility index (Phi) is 1.25. The van der Waals surface area contributed by atoms with Crippen molar-refractivity contribution >= 4 is 6.09 Å². The van der Waals surface area contributed by atoms with Crippen molar-refractivity contribution in [1.82, 2.24) is 4.90 Å². The van der Waals surface area contributed by atoms with Crippen molar-refractivity contribution in [1.29, 1.82) is 0 Å². The zero-order valence-corrected chi connectivity index (χ0v) is 5.08. The number of likely N-dealkylation sites (tertiary alicyclic amines) is 1. The maximum Gasteiger partial charge on any atom is 0.407 e. The Balaban J connectivity index is 2.58. The molecule has 0 aliphatic carbocycles. The van der Waals surface area contributed by atoms with Gasteiger partial charge in [0.1, 0.15) is 0 Å². The van der Waals surface area contributed by atoms with E-state index in [1.165, 1.54) is 0 Å². The van der Waals surface area contributed by atoms with E-state index < -0.39 is 19.0 Å². The first-order chi connectivity index (χ1) is 5.13. The summed E-state index contributed by atoms with van der Waals surface area (Å²) in [6.07, 6.45) is -0.310. The summed E-state index contributed by atoms with van der Waals surface area (Å²) in [4.78, 5) is 11.4. The van der Waals surface area contributed by atoms with Crippen molar-refractivity contribution in [3.63, 3.8) is 0 Å². The van der Waals surface area contributed by atoms with Crippen molar-refractivity contribution in [2.75, 3.05) is 13.1 Å². The lowest BCUT2D eigenvalue weighted by atomic mass is 10.1. The summed E-state index contributed by atoms with van der Waals surface area (Å²) in [6, 6.07) is 0. The molecule has 1 fully saturated rings. The summed E-state index contributed by atoms with van der Waals surface area (Å²) in [5, 5.41) is 8.55. The first-order valence-corrected chi connectivity index (χ1v) is 2.97. The fourth-order valence-corrected chi connectivity index (χ4v) is 0.815. The van der Waals surface area contributed by atoms with E-state index in [-0.39, 0.29) is 0 Å².